The molecule has 0 aliphatic heterocycles. The van der Waals surface area contributed by atoms with Gasteiger partial charge in [0.1, 0.15) is 0 Å². The first kappa shape index (κ1) is 14.3. The Bertz CT molecular complexity index is 245. The van der Waals surface area contributed by atoms with E-state index in [9.17, 15) is 0 Å². The van der Waals surface area contributed by atoms with Gasteiger partial charge in [-0.05, 0) is 57.0 Å². The van der Waals surface area contributed by atoms with E-state index >= 15 is 0 Å². The second-order valence-electron chi connectivity index (χ2n) is 6.93. The first-order chi connectivity index (χ1) is 8.69. The topological polar surface area (TPSA) is 15.3 Å². The van der Waals surface area contributed by atoms with Gasteiger partial charge in [-0.3, -0.25) is 4.90 Å². The maximum absolute atomic E-state index is 3.48. The quantitative estimate of drug-likeness (QED) is 0.748. The summed E-state index contributed by atoms with van der Waals surface area (Å²) in [5.41, 5.74) is 0.560. The standard InChI is InChI=1S/C16H32N2/c1-4-10-18(15-7-8-15)13-16(12-17-3)9-5-6-14(2)11-16/h14-15,17H,4-13H2,1-3H3. The number of nitrogens with zero attached hydrogens (tertiary/aromatic N) is 1. The fourth-order valence-corrected chi connectivity index (χ4v) is 4.05. The van der Waals surface area contributed by atoms with Gasteiger partial charge in [0.05, 0.1) is 0 Å². The average molecular weight is 252 g/mol. The van der Waals surface area contributed by atoms with E-state index in [4.69, 9.17) is 0 Å². The Balaban J connectivity index is 1.98. The molecule has 106 valence electrons. The van der Waals surface area contributed by atoms with E-state index in [-0.39, 0.29) is 0 Å². The van der Waals surface area contributed by atoms with Gasteiger partial charge in [-0.1, -0.05) is 26.7 Å². The van der Waals surface area contributed by atoms with Gasteiger partial charge in [-0.15, -0.1) is 0 Å². The summed E-state index contributed by atoms with van der Waals surface area (Å²) in [6.45, 7) is 8.64. The van der Waals surface area contributed by atoms with Crippen molar-refractivity contribution in [1.82, 2.24) is 10.2 Å². The monoisotopic (exact) mass is 252 g/mol. The lowest BCUT2D eigenvalue weighted by atomic mass is 9.69. The zero-order valence-electron chi connectivity index (χ0n) is 12.7. The van der Waals surface area contributed by atoms with Gasteiger partial charge in [0.15, 0.2) is 0 Å². The van der Waals surface area contributed by atoms with Gasteiger partial charge >= 0.3 is 0 Å². The first-order valence-corrected chi connectivity index (χ1v) is 8.08. The maximum Gasteiger partial charge on any atom is 0.00966 e. The molecule has 0 heterocycles. The molecular formula is C16H32N2. The molecule has 2 rings (SSSR count). The Morgan fingerprint density at radius 3 is 2.61 bits per heavy atom. The third-order valence-corrected chi connectivity index (χ3v) is 4.85. The molecule has 2 saturated carbocycles. The normalized spacial score (nSPS) is 33.0. The molecule has 2 aliphatic rings. The predicted molar refractivity (Wildman–Crippen MR) is 78.9 cm³/mol. The third-order valence-electron chi connectivity index (χ3n) is 4.85. The summed E-state index contributed by atoms with van der Waals surface area (Å²) < 4.78 is 0. The van der Waals surface area contributed by atoms with Gasteiger partial charge in [0, 0.05) is 19.1 Å². The lowest BCUT2D eigenvalue weighted by Crippen LogP contribution is -2.47. The molecule has 1 N–H and O–H groups in total. The molecule has 2 heteroatoms. The highest BCUT2D eigenvalue weighted by atomic mass is 15.2. The van der Waals surface area contributed by atoms with E-state index in [0.29, 0.717) is 5.41 Å². The van der Waals surface area contributed by atoms with Crippen molar-refractivity contribution in [3.8, 4) is 0 Å². The SMILES string of the molecule is CCCN(CC1(CNC)CCCC(C)C1)C1CC1. The van der Waals surface area contributed by atoms with E-state index in [1.807, 2.05) is 0 Å². The van der Waals surface area contributed by atoms with Crippen molar-refractivity contribution >= 4 is 0 Å². The molecular weight excluding hydrogens is 220 g/mol. The van der Waals surface area contributed by atoms with Gasteiger partial charge < -0.3 is 5.32 Å². The van der Waals surface area contributed by atoms with Crippen LogP contribution in [0.15, 0.2) is 0 Å². The second kappa shape index (κ2) is 6.38. The fraction of sp³-hybridized carbons (Fsp3) is 1.00. The van der Waals surface area contributed by atoms with Crippen LogP contribution < -0.4 is 5.32 Å². The van der Waals surface area contributed by atoms with Gasteiger partial charge in [-0.2, -0.15) is 0 Å². The largest absolute Gasteiger partial charge is 0.319 e. The molecule has 2 aliphatic carbocycles. The van der Waals surface area contributed by atoms with E-state index in [2.05, 4.69) is 31.1 Å². The maximum atomic E-state index is 3.48. The Morgan fingerprint density at radius 1 is 1.28 bits per heavy atom. The minimum atomic E-state index is 0.560. The third kappa shape index (κ3) is 3.71. The van der Waals surface area contributed by atoms with Crippen LogP contribution in [0.1, 0.15) is 58.8 Å². The Kier molecular flexibility index (Phi) is 5.08. The van der Waals surface area contributed by atoms with Crippen LogP contribution in [0.2, 0.25) is 0 Å². The molecule has 0 aromatic heterocycles. The number of hydrogen-bond donors (Lipinski definition) is 1. The van der Waals surface area contributed by atoms with Crippen LogP contribution in [0.25, 0.3) is 0 Å². The highest BCUT2D eigenvalue weighted by Gasteiger charge is 2.39. The van der Waals surface area contributed by atoms with Crippen molar-refractivity contribution < 1.29 is 0 Å². The minimum Gasteiger partial charge on any atom is -0.319 e. The highest BCUT2D eigenvalue weighted by Crippen LogP contribution is 2.41. The Hall–Kier alpha value is -0.0800. The number of hydrogen-bond acceptors (Lipinski definition) is 2. The molecule has 2 fully saturated rings. The summed E-state index contributed by atoms with van der Waals surface area (Å²) in [7, 11) is 2.13. The minimum absolute atomic E-state index is 0.560. The zero-order valence-corrected chi connectivity index (χ0v) is 12.7. The van der Waals surface area contributed by atoms with E-state index < -0.39 is 0 Å². The first-order valence-electron chi connectivity index (χ1n) is 8.08. The molecule has 0 radical (unpaired) electrons. The summed E-state index contributed by atoms with van der Waals surface area (Å²) >= 11 is 0. The molecule has 18 heavy (non-hydrogen) atoms. The second-order valence-corrected chi connectivity index (χ2v) is 6.93. The molecule has 0 bridgehead atoms. The molecule has 0 saturated heterocycles. The van der Waals surface area contributed by atoms with Gasteiger partial charge in [0.2, 0.25) is 0 Å². The molecule has 0 amide bonds. The van der Waals surface area contributed by atoms with Crippen LogP contribution in [0, 0.1) is 11.3 Å². The number of rotatable bonds is 7. The van der Waals surface area contributed by atoms with Crippen molar-refractivity contribution in [2.24, 2.45) is 11.3 Å². The zero-order chi connectivity index (χ0) is 13.0. The van der Waals surface area contributed by atoms with Crippen molar-refractivity contribution in [3.05, 3.63) is 0 Å². The summed E-state index contributed by atoms with van der Waals surface area (Å²) in [5.74, 6) is 0.926. The van der Waals surface area contributed by atoms with Crippen LogP contribution in [-0.2, 0) is 0 Å². The van der Waals surface area contributed by atoms with E-state index in [1.165, 1.54) is 64.6 Å². The highest BCUT2D eigenvalue weighted by molar-refractivity contribution is 4.93. The lowest BCUT2D eigenvalue weighted by Gasteiger charge is -2.43. The van der Waals surface area contributed by atoms with Crippen molar-refractivity contribution in [3.63, 3.8) is 0 Å². The summed E-state index contributed by atoms with van der Waals surface area (Å²) in [6.07, 6.45) is 9.96. The van der Waals surface area contributed by atoms with Crippen molar-refractivity contribution in [2.45, 2.75) is 64.8 Å². The molecule has 0 spiro atoms. The predicted octanol–water partition coefficient (Wildman–Crippen LogP) is 3.28. The van der Waals surface area contributed by atoms with E-state index in [0.717, 1.165) is 12.0 Å². The van der Waals surface area contributed by atoms with Crippen LogP contribution >= 0.6 is 0 Å². The van der Waals surface area contributed by atoms with E-state index in [1.54, 1.807) is 0 Å². The molecule has 0 aromatic rings. The molecule has 2 atom stereocenters. The Morgan fingerprint density at radius 2 is 2.06 bits per heavy atom. The summed E-state index contributed by atoms with van der Waals surface area (Å²) in [5, 5.41) is 3.48. The molecule has 2 unspecified atom stereocenters. The summed E-state index contributed by atoms with van der Waals surface area (Å²) in [4.78, 5) is 2.80. The molecule has 0 aromatic carbocycles. The van der Waals surface area contributed by atoms with Crippen LogP contribution in [-0.4, -0.2) is 37.6 Å². The number of nitrogens with one attached hydrogen (secondary N) is 1. The molecule has 2 nitrogen and oxygen atoms in total. The van der Waals surface area contributed by atoms with Gasteiger partial charge in [0.25, 0.3) is 0 Å². The van der Waals surface area contributed by atoms with Gasteiger partial charge in [-0.25, -0.2) is 0 Å². The van der Waals surface area contributed by atoms with Crippen molar-refractivity contribution in [2.75, 3.05) is 26.7 Å². The van der Waals surface area contributed by atoms with Crippen LogP contribution in [0.4, 0.5) is 0 Å². The Labute approximate surface area is 114 Å². The van der Waals surface area contributed by atoms with Crippen LogP contribution in [0.3, 0.4) is 0 Å². The van der Waals surface area contributed by atoms with Crippen molar-refractivity contribution in [1.29, 1.82) is 0 Å². The van der Waals surface area contributed by atoms with Crippen LogP contribution in [0.5, 0.6) is 0 Å². The lowest BCUT2D eigenvalue weighted by molar-refractivity contribution is 0.0776. The fourth-order valence-electron chi connectivity index (χ4n) is 4.05. The smallest absolute Gasteiger partial charge is 0.00966 e. The average Bonchev–Trinajstić information content (AvgIpc) is 3.12. The summed E-state index contributed by atoms with van der Waals surface area (Å²) in [6, 6.07) is 0.927.